The van der Waals surface area contributed by atoms with Gasteiger partial charge in [-0.25, -0.2) is 0 Å². The number of hydrogen-bond donors (Lipinski definition) is 2. The van der Waals surface area contributed by atoms with Gasteiger partial charge in [-0.3, -0.25) is 19.0 Å². The lowest BCUT2D eigenvalue weighted by atomic mass is 10.1. The van der Waals surface area contributed by atoms with E-state index in [1.807, 2.05) is 29.2 Å². The number of fused-ring (bicyclic) bond motifs is 1. The predicted molar refractivity (Wildman–Crippen MR) is 127 cm³/mol. The number of likely N-dealkylation sites (tertiary alicyclic amines) is 1. The first-order chi connectivity index (χ1) is 15.5. The van der Waals surface area contributed by atoms with Crippen LogP contribution in [0.4, 0.5) is 5.69 Å². The molecule has 2 aromatic carbocycles. The van der Waals surface area contributed by atoms with Crippen LogP contribution in [-0.2, 0) is 17.9 Å². The van der Waals surface area contributed by atoms with Gasteiger partial charge in [0.2, 0.25) is 5.91 Å². The summed E-state index contributed by atoms with van der Waals surface area (Å²) in [6.07, 6.45) is 4.17. The number of allylic oxidation sites excluding steroid dienone is 1. The van der Waals surface area contributed by atoms with E-state index in [0.29, 0.717) is 41.7 Å². The largest absolute Gasteiger partial charge is 0.338 e. The van der Waals surface area contributed by atoms with Crippen LogP contribution in [0.3, 0.4) is 0 Å². The van der Waals surface area contributed by atoms with Gasteiger partial charge in [-0.15, -0.1) is 6.58 Å². The molecule has 2 heterocycles. The minimum absolute atomic E-state index is 0.173. The van der Waals surface area contributed by atoms with E-state index in [1.165, 1.54) is 4.57 Å². The van der Waals surface area contributed by atoms with Crippen molar-refractivity contribution in [1.82, 2.24) is 14.5 Å². The molecule has 2 N–H and O–H groups in total. The summed E-state index contributed by atoms with van der Waals surface area (Å²) in [6.45, 7) is 5.26. The molecule has 2 amide bonds. The molecule has 1 aliphatic rings. The third kappa shape index (κ3) is 4.55. The van der Waals surface area contributed by atoms with Crippen LogP contribution >= 0.6 is 12.2 Å². The van der Waals surface area contributed by atoms with E-state index in [-0.39, 0.29) is 22.1 Å². The SMILES string of the molecule is C=CCn1c(=S)[nH]c2cc(C(=O)Nc3cccc(CN4CCCCC4=O)c3)ccc2c1=O. The van der Waals surface area contributed by atoms with Gasteiger partial charge >= 0.3 is 0 Å². The Morgan fingerprint density at radius 2 is 2.03 bits per heavy atom. The van der Waals surface area contributed by atoms with Crippen LogP contribution in [0.25, 0.3) is 10.9 Å². The van der Waals surface area contributed by atoms with Crippen molar-refractivity contribution in [3.8, 4) is 0 Å². The summed E-state index contributed by atoms with van der Waals surface area (Å²) in [5.41, 5.74) is 2.29. The van der Waals surface area contributed by atoms with Crippen LogP contribution in [-0.4, -0.2) is 32.8 Å². The molecule has 1 aliphatic heterocycles. The zero-order chi connectivity index (χ0) is 22.7. The van der Waals surface area contributed by atoms with E-state index in [2.05, 4.69) is 16.9 Å². The average Bonchev–Trinajstić information content (AvgIpc) is 2.78. The number of nitrogens with one attached hydrogen (secondary N) is 2. The fourth-order valence-corrected chi connectivity index (χ4v) is 4.16. The molecular formula is C24H24N4O3S. The second-order valence-corrected chi connectivity index (χ2v) is 8.21. The number of amides is 2. The number of anilines is 1. The minimum Gasteiger partial charge on any atom is -0.338 e. The third-order valence-corrected chi connectivity index (χ3v) is 5.86. The molecule has 1 fully saturated rings. The lowest BCUT2D eigenvalue weighted by molar-refractivity contribution is -0.133. The molecule has 32 heavy (non-hydrogen) atoms. The van der Waals surface area contributed by atoms with Crippen LogP contribution in [0.1, 0.15) is 35.2 Å². The molecule has 0 radical (unpaired) electrons. The van der Waals surface area contributed by atoms with Crippen LogP contribution in [0.2, 0.25) is 0 Å². The molecule has 0 unspecified atom stereocenters. The van der Waals surface area contributed by atoms with Crippen molar-refractivity contribution < 1.29 is 9.59 Å². The quantitative estimate of drug-likeness (QED) is 0.441. The molecule has 0 saturated carbocycles. The van der Waals surface area contributed by atoms with Crippen LogP contribution in [0.5, 0.6) is 0 Å². The summed E-state index contributed by atoms with van der Waals surface area (Å²) < 4.78 is 1.70. The van der Waals surface area contributed by atoms with Crippen LogP contribution in [0.15, 0.2) is 59.9 Å². The second kappa shape index (κ2) is 9.32. The first-order valence-corrected chi connectivity index (χ1v) is 10.9. The standard InChI is InChI=1S/C24H24N4O3S/c1-2-11-28-23(31)19-10-9-17(14-20(19)26-24(28)32)22(30)25-18-7-5-6-16(13-18)15-27-12-4-3-8-21(27)29/h2,5-7,9-10,13-14H,1,3-4,8,11-12,15H2,(H,25,30)(H,26,32). The van der Waals surface area contributed by atoms with Gasteiger partial charge in [-0.1, -0.05) is 18.2 Å². The van der Waals surface area contributed by atoms with Gasteiger partial charge in [0.05, 0.1) is 10.9 Å². The smallest absolute Gasteiger partial charge is 0.262 e. The normalized spacial score (nSPS) is 13.9. The van der Waals surface area contributed by atoms with Crippen molar-refractivity contribution in [2.45, 2.75) is 32.4 Å². The number of aromatic amines is 1. The molecule has 7 nitrogen and oxygen atoms in total. The summed E-state index contributed by atoms with van der Waals surface area (Å²) in [5.74, 6) is -0.126. The molecule has 164 valence electrons. The summed E-state index contributed by atoms with van der Waals surface area (Å²) >= 11 is 5.27. The van der Waals surface area contributed by atoms with Crippen LogP contribution < -0.4 is 10.9 Å². The maximum Gasteiger partial charge on any atom is 0.262 e. The number of benzene rings is 2. The van der Waals surface area contributed by atoms with Gasteiger partial charge in [0.1, 0.15) is 0 Å². The lowest BCUT2D eigenvalue weighted by Gasteiger charge is -2.26. The maximum absolute atomic E-state index is 12.8. The Hall–Kier alpha value is -3.52. The summed E-state index contributed by atoms with van der Waals surface area (Å²) in [6, 6.07) is 12.3. The number of carbonyl (C=O) groups is 2. The molecule has 3 aromatic rings. The van der Waals surface area contributed by atoms with Gasteiger partial charge in [-0.2, -0.15) is 0 Å². The number of piperidine rings is 1. The number of rotatable bonds is 6. The number of nitrogens with zero attached hydrogens (tertiary/aromatic N) is 2. The van der Waals surface area contributed by atoms with E-state index in [1.54, 1.807) is 24.3 Å². The zero-order valence-corrected chi connectivity index (χ0v) is 18.4. The van der Waals surface area contributed by atoms with Crippen molar-refractivity contribution in [3.05, 3.63) is 81.4 Å². The maximum atomic E-state index is 12.8. The molecule has 4 rings (SSSR count). The van der Waals surface area contributed by atoms with Crippen molar-refractivity contribution in [2.24, 2.45) is 0 Å². The van der Waals surface area contributed by atoms with Gasteiger partial charge in [-0.05, 0) is 61.0 Å². The topological polar surface area (TPSA) is 87.2 Å². The molecule has 1 aromatic heterocycles. The van der Waals surface area contributed by atoms with Gasteiger partial charge < -0.3 is 15.2 Å². The fourth-order valence-electron chi connectivity index (χ4n) is 3.89. The van der Waals surface area contributed by atoms with Crippen molar-refractivity contribution in [1.29, 1.82) is 0 Å². The average molecular weight is 449 g/mol. The molecule has 0 bridgehead atoms. The Labute approximate surface area is 190 Å². The zero-order valence-electron chi connectivity index (χ0n) is 17.6. The van der Waals surface area contributed by atoms with E-state index in [4.69, 9.17) is 12.2 Å². The van der Waals surface area contributed by atoms with Gasteiger partial charge in [0.25, 0.3) is 11.5 Å². The van der Waals surface area contributed by atoms with E-state index in [0.717, 1.165) is 24.9 Å². The molecule has 0 atom stereocenters. The molecule has 0 aliphatic carbocycles. The molecule has 1 saturated heterocycles. The highest BCUT2D eigenvalue weighted by molar-refractivity contribution is 7.71. The third-order valence-electron chi connectivity index (χ3n) is 5.54. The molecule has 8 heteroatoms. The van der Waals surface area contributed by atoms with Crippen molar-refractivity contribution in [3.63, 3.8) is 0 Å². The minimum atomic E-state index is -0.298. The Balaban J connectivity index is 1.54. The second-order valence-electron chi connectivity index (χ2n) is 7.82. The van der Waals surface area contributed by atoms with Gasteiger partial charge in [0.15, 0.2) is 4.77 Å². The highest BCUT2D eigenvalue weighted by atomic mass is 32.1. The highest BCUT2D eigenvalue weighted by Gasteiger charge is 2.18. The number of H-pyrrole nitrogens is 1. The van der Waals surface area contributed by atoms with Gasteiger partial charge in [0, 0.05) is 37.3 Å². The predicted octanol–water partition coefficient (Wildman–Crippen LogP) is 4.01. The fraction of sp³-hybridized carbons (Fsp3) is 0.250. The Bertz CT molecular complexity index is 1320. The highest BCUT2D eigenvalue weighted by Crippen LogP contribution is 2.18. The number of carbonyl (C=O) groups excluding carboxylic acids is 2. The Kier molecular flexibility index (Phi) is 6.32. The lowest BCUT2D eigenvalue weighted by Crippen LogP contribution is -2.34. The monoisotopic (exact) mass is 448 g/mol. The van der Waals surface area contributed by atoms with Crippen molar-refractivity contribution >= 4 is 40.6 Å². The first kappa shape index (κ1) is 21.7. The summed E-state index contributed by atoms with van der Waals surface area (Å²) in [5, 5.41) is 3.34. The van der Waals surface area contributed by atoms with E-state index < -0.39 is 0 Å². The van der Waals surface area contributed by atoms with E-state index in [9.17, 15) is 14.4 Å². The van der Waals surface area contributed by atoms with Crippen LogP contribution in [0, 0.1) is 4.77 Å². The number of aromatic nitrogens is 2. The summed E-state index contributed by atoms with van der Waals surface area (Å²) in [4.78, 5) is 42.4. The van der Waals surface area contributed by atoms with Crippen molar-refractivity contribution in [2.75, 3.05) is 11.9 Å². The number of hydrogen-bond acceptors (Lipinski definition) is 4. The Morgan fingerprint density at radius 3 is 2.81 bits per heavy atom. The molecule has 0 spiro atoms. The van der Waals surface area contributed by atoms with E-state index >= 15 is 0 Å². The molecular weight excluding hydrogens is 424 g/mol. The summed E-state index contributed by atoms with van der Waals surface area (Å²) in [7, 11) is 0. The first-order valence-electron chi connectivity index (χ1n) is 10.5. The Morgan fingerprint density at radius 1 is 1.19 bits per heavy atom.